The molecule has 0 unspecified atom stereocenters. The predicted molar refractivity (Wildman–Crippen MR) is 117 cm³/mol. The Morgan fingerprint density at radius 1 is 1.07 bits per heavy atom. The lowest BCUT2D eigenvalue weighted by molar-refractivity contribution is -0.116. The molecule has 0 aliphatic carbocycles. The second kappa shape index (κ2) is 8.49. The van der Waals surface area contributed by atoms with Gasteiger partial charge in [-0.15, -0.1) is 0 Å². The number of benzene rings is 2. The van der Waals surface area contributed by atoms with Crippen LogP contribution in [0.4, 0.5) is 11.6 Å². The molecule has 0 aliphatic rings. The number of halogens is 1. The second-order valence-electron chi connectivity index (χ2n) is 6.61. The van der Waals surface area contributed by atoms with Crippen LogP contribution in [0.5, 0.6) is 0 Å². The molecule has 4 aromatic rings. The van der Waals surface area contributed by atoms with Crippen molar-refractivity contribution < 1.29 is 9.32 Å². The Morgan fingerprint density at radius 2 is 1.77 bits per heavy atom. The molecule has 1 amide bonds. The van der Waals surface area contributed by atoms with Crippen LogP contribution >= 0.6 is 11.6 Å². The van der Waals surface area contributed by atoms with E-state index >= 15 is 0 Å². The smallest absolute Gasteiger partial charge is 0.247 e. The number of nitrogens with two attached hydrogens (primary N) is 1. The highest BCUT2D eigenvalue weighted by Crippen LogP contribution is 2.44. The van der Waals surface area contributed by atoms with Gasteiger partial charge in [0.25, 0.3) is 0 Å². The summed E-state index contributed by atoms with van der Waals surface area (Å²) in [5.41, 5.74) is 10.3. The van der Waals surface area contributed by atoms with Crippen molar-refractivity contribution in [2.24, 2.45) is 5.73 Å². The molecule has 0 saturated carbocycles. The lowest BCUT2D eigenvalue weighted by Gasteiger charge is -2.20. The monoisotopic (exact) mass is 418 g/mol. The molecular formula is C23H19ClN4O2. The van der Waals surface area contributed by atoms with Crippen LogP contribution in [0.2, 0.25) is 5.02 Å². The van der Waals surface area contributed by atoms with E-state index in [0.717, 1.165) is 16.7 Å². The van der Waals surface area contributed by atoms with Gasteiger partial charge in [0.15, 0.2) is 0 Å². The highest BCUT2D eigenvalue weighted by molar-refractivity contribution is 6.34. The minimum Gasteiger partial charge on any atom is -0.337 e. The Hall–Kier alpha value is -3.48. The Morgan fingerprint density at radius 3 is 2.47 bits per heavy atom. The van der Waals surface area contributed by atoms with Crippen molar-refractivity contribution in [2.45, 2.75) is 13.5 Å². The number of pyridine rings is 1. The van der Waals surface area contributed by atoms with Gasteiger partial charge in [0.05, 0.1) is 16.3 Å². The second-order valence-corrected chi connectivity index (χ2v) is 7.02. The number of nitrogens with zero attached hydrogens (tertiary/aromatic N) is 3. The number of rotatable bonds is 5. The van der Waals surface area contributed by atoms with E-state index in [-0.39, 0.29) is 11.8 Å². The largest absolute Gasteiger partial charge is 0.337 e. The van der Waals surface area contributed by atoms with Crippen molar-refractivity contribution in [3.8, 4) is 22.4 Å². The van der Waals surface area contributed by atoms with Gasteiger partial charge in [0.2, 0.25) is 11.8 Å². The van der Waals surface area contributed by atoms with Crippen molar-refractivity contribution in [2.75, 3.05) is 4.90 Å². The van der Waals surface area contributed by atoms with E-state index in [1.54, 1.807) is 30.6 Å². The van der Waals surface area contributed by atoms with Gasteiger partial charge in [0, 0.05) is 31.4 Å². The van der Waals surface area contributed by atoms with Gasteiger partial charge in [0.1, 0.15) is 5.69 Å². The predicted octanol–water partition coefficient (Wildman–Crippen LogP) is 5.20. The van der Waals surface area contributed by atoms with Crippen LogP contribution in [0, 0.1) is 0 Å². The van der Waals surface area contributed by atoms with E-state index in [4.69, 9.17) is 21.9 Å². The van der Waals surface area contributed by atoms with Gasteiger partial charge in [-0.05, 0) is 35.4 Å². The fourth-order valence-electron chi connectivity index (χ4n) is 3.38. The van der Waals surface area contributed by atoms with E-state index in [2.05, 4.69) is 10.1 Å². The maximum Gasteiger partial charge on any atom is 0.247 e. The minimum atomic E-state index is -0.256. The lowest BCUT2D eigenvalue weighted by Crippen LogP contribution is -2.23. The van der Waals surface area contributed by atoms with Gasteiger partial charge in [-0.2, -0.15) is 0 Å². The summed E-state index contributed by atoms with van der Waals surface area (Å²) in [4.78, 5) is 18.2. The number of hydrogen-bond acceptors (Lipinski definition) is 5. The van der Waals surface area contributed by atoms with E-state index in [9.17, 15) is 4.79 Å². The molecule has 0 atom stereocenters. The van der Waals surface area contributed by atoms with Crippen LogP contribution in [-0.4, -0.2) is 16.0 Å². The van der Waals surface area contributed by atoms with E-state index in [1.807, 2.05) is 42.5 Å². The van der Waals surface area contributed by atoms with Crippen molar-refractivity contribution in [1.29, 1.82) is 0 Å². The number of para-hydroxylation sites is 1. The zero-order valence-corrected chi connectivity index (χ0v) is 17.0. The first-order valence-corrected chi connectivity index (χ1v) is 9.73. The van der Waals surface area contributed by atoms with Gasteiger partial charge >= 0.3 is 0 Å². The van der Waals surface area contributed by atoms with Crippen molar-refractivity contribution in [3.63, 3.8) is 0 Å². The van der Waals surface area contributed by atoms with Crippen LogP contribution in [0.15, 0.2) is 77.6 Å². The molecule has 2 aromatic carbocycles. The lowest BCUT2D eigenvalue weighted by atomic mass is 9.97. The molecule has 2 N–H and O–H groups in total. The molecule has 0 aliphatic heterocycles. The van der Waals surface area contributed by atoms with Crippen molar-refractivity contribution in [1.82, 2.24) is 10.1 Å². The quantitative estimate of drug-likeness (QED) is 0.481. The van der Waals surface area contributed by atoms with Crippen LogP contribution in [0.1, 0.15) is 12.5 Å². The molecule has 6 nitrogen and oxygen atoms in total. The Labute approximate surface area is 178 Å². The zero-order valence-electron chi connectivity index (χ0n) is 16.2. The summed E-state index contributed by atoms with van der Waals surface area (Å²) in [5.74, 6) is 0.0249. The van der Waals surface area contributed by atoms with Crippen LogP contribution in [-0.2, 0) is 11.3 Å². The summed E-state index contributed by atoms with van der Waals surface area (Å²) < 4.78 is 5.77. The first kappa shape index (κ1) is 19.8. The molecule has 0 spiro atoms. The van der Waals surface area contributed by atoms with Crippen LogP contribution in [0.25, 0.3) is 22.4 Å². The summed E-state index contributed by atoms with van der Waals surface area (Å²) in [5, 5.41) is 4.77. The summed E-state index contributed by atoms with van der Waals surface area (Å²) in [6.45, 7) is 1.80. The number of carbonyl (C=O) groups excluding carboxylic acids is 1. The topological polar surface area (TPSA) is 85.2 Å². The summed E-state index contributed by atoms with van der Waals surface area (Å²) >= 11 is 6.40. The zero-order chi connectivity index (χ0) is 21.1. The number of aromatic nitrogens is 2. The number of hydrogen-bond donors (Lipinski definition) is 1. The van der Waals surface area contributed by atoms with Gasteiger partial charge in [-0.1, -0.05) is 53.2 Å². The fourth-order valence-corrected chi connectivity index (χ4v) is 3.60. The molecule has 30 heavy (non-hydrogen) atoms. The third kappa shape index (κ3) is 3.58. The summed E-state index contributed by atoms with van der Waals surface area (Å²) in [7, 11) is 0. The van der Waals surface area contributed by atoms with Gasteiger partial charge < -0.3 is 10.3 Å². The highest BCUT2D eigenvalue weighted by atomic mass is 35.5. The van der Waals surface area contributed by atoms with E-state index in [0.29, 0.717) is 28.5 Å². The third-order valence-corrected chi connectivity index (χ3v) is 5.07. The van der Waals surface area contributed by atoms with Crippen LogP contribution < -0.4 is 10.6 Å². The third-order valence-electron chi connectivity index (χ3n) is 4.75. The molecule has 0 bridgehead atoms. The minimum absolute atomic E-state index is 0.256. The van der Waals surface area contributed by atoms with Crippen molar-refractivity contribution in [3.05, 3.63) is 83.6 Å². The molecule has 7 heteroatoms. The summed E-state index contributed by atoms with van der Waals surface area (Å²) in [6, 6.07) is 18.5. The number of amides is 1. The molecule has 0 radical (unpaired) electrons. The maximum atomic E-state index is 12.7. The average Bonchev–Trinajstić information content (AvgIpc) is 3.20. The standard InChI is InChI=1S/C23H19ClN4O2/c1-15(29)28(20-9-5-4-8-19(20)24)23-21(16-10-12-26-13-11-16)22(27-30-23)18-7-3-2-6-17(18)14-25/h2-13H,14,25H2,1H3. The van der Waals surface area contributed by atoms with Gasteiger partial charge in [-0.25, -0.2) is 4.90 Å². The molecule has 2 heterocycles. The molecule has 0 fully saturated rings. The number of anilines is 2. The average molecular weight is 419 g/mol. The molecule has 4 rings (SSSR count). The molecule has 0 saturated heterocycles. The van der Waals surface area contributed by atoms with Crippen molar-refractivity contribution >= 4 is 29.1 Å². The first-order valence-electron chi connectivity index (χ1n) is 9.35. The van der Waals surface area contributed by atoms with E-state index in [1.165, 1.54) is 11.8 Å². The Kier molecular flexibility index (Phi) is 5.61. The first-order chi connectivity index (χ1) is 14.6. The van der Waals surface area contributed by atoms with Gasteiger partial charge in [-0.3, -0.25) is 9.78 Å². The maximum absolute atomic E-state index is 12.7. The molecular weight excluding hydrogens is 400 g/mol. The molecule has 150 valence electrons. The molecule has 2 aromatic heterocycles. The van der Waals surface area contributed by atoms with E-state index < -0.39 is 0 Å². The number of carbonyl (C=O) groups is 1. The highest BCUT2D eigenvalue weighted by Gasteiger charge is 2.29. The Bertz CT molecular complexity index is 1190. The Balaban J connectivity index is 2.00. The summed E-state index contributed by atoms with van der Waals surface area (Å²) in [6.07, 6.45) is 3.36. The normalized spacial score (nSPS) is 10.8. The SMILES string of the molecule is CC(=O)N(c1ccccc1Cl)c1onc(-c2ccccc2CN)c1-c1ccncc1. The van der Waals surface area contributed by atoms with Crippen LogP contribution in [0.3, 0.4) is 0 Å². The fraction of sp³-hybridized carbons (Fsp3) is 0.0870.